The summed E-state index contributed by atoms with van der Waals surface area (Å²) in [6.07, 6.45) is 1.91. The van der Waals surface area contributed by atoms with E-state index in [2.05, 4.69) is 31.3 Å². The van der Waals surface area contributed by atoms with E-state index in [1.807, 2.05) is 6.07 Å². The topological polar surface area (TPSA) is 75.6 Å². The first-order chi connectivity index (χ1) is 11.5. The SMILES string of the molecule is Cc1ccc(SCCC(=O)NC(C(=O)O)C2CCCOC2)cc1C. The first kappa shape index (κ1) is 18.8. The highest BCUT2D eigenvalue weighted by molar-refractivity contribution is 7.99. The third kappa shape index (κ3) is 5.53. The van der Waals surface area contributed by atoms with Gasteiger partial charge in [-0.15, -0.1) is 11.8 Å². The van der Waals surface area contributed by atoms with Crippen LogP contribution < -0.4 is 5.32 Å². The lowest BCUT2D eigenvalue weighted by atomic mass is 9.93. The van der Waals surface area contributed by atoms with Crippen molar-refractivity contribution >= 4 is 23.6 Å². The maximum absolute atomic E-state index is 12.1. The van der Waals surface area contributed by atoms with Gasteiger partial charge in [0.25, 0.3) is 0 Å². The van der Waals surface area contributed by atoms with Crippen LogP contribution in [0.25, 0.3) is 0 Å². The number of carbonyl (C=O) groups excluding carboxylic acids is 1. The molecule has 1 aliphatic heterocycles. The van der Waals surface area contributed by atoms with Crippen molar-refractivity contribution in [3.63, 3.8) is 0 Å². The number of aliphatic carboxylic acids is 1. The molecule has 0 aliphatic carbocycles. The summed E-state index contributed by atoms with van der Waals surface area (Å²) >= 11 is 1.61. The molecule has 5 nitrogen and oxygen atoms in total. The van der Waals surface area contributed by atoms with Crippen molar-refractivity contribution in [2.75, 3.05) is 19.0 Å². The van der Waals surface area contributed by atoms with E-state index in [1.165, 1.54) is 11.1 Å². The van der Waals surface area contributed by atoms with Gasteiger partial charge in [0, 0.05) is 29.6 Å². The van der Waals surface area contributed by atoms with Gasteiger partial charge >= 0.3 is 5.97 Å². The average Bonchev–Trinajstić information content (AvgIpc) is 2.56. The number of thioether (sulfide) groups is 1. The summed E-state index contributed by atoms with van der Waals surface area (Å²) in [7, 11) is 0. The second kappa shape index (κ2) is 9.08. The van der Waals surface area contributed by atoms with Gasteiger partial charge in [0.1, 0.15) is 6.04 Å². The normalized spacial score (nSPS) is 18.8. The van der Waals surface area contributed by atoms with Gasteiger partial charge in [0.05, 0.1) is 6.61 Å². The van der Waals surface area contributed by atoms with Gasteiger partial charge in [-0.3, -0.25) is 4.79 Å². The molecule has 0 aromatic heterocycles. The molecule has 2 atom stereocenters. The summed E-state index contributed by atoms with van der Waals surface area (Å²) in [5.74, 6) is -0.723. The summed E-state index contributed by atoms with van der Waals surface area (Å²) in [5.41, 5.74) is 2.48. The van der Waals surface area contributed by atoms with Crippen LogP contribution in [0.3, 0.4) is 0 Å². The zero-order valence-corrected chi connectivity index (χ0v) is 15.0. The third-order valence-electron chi connectivity index (χ3n) is 4.33. The molecule has 1 aliphatic rings. The molecule has 2 unspecified atom stereocenters. The van der Waals surface area contributed by atoms with Crippen molar-refractivity contribution in [3.8, 4) is 0 Å². The Morgan fingerprint density at radius 1 is 1.38 bits per heavy atom. The summed E-state index contributed by atoms with van der Waals surface area (Å²) in [6, 6.07) is 5.37. The van der Waals surface area contributed by atoms with Crippen LogP contribution in [-0.4, -0.2) is 42.0 Å². The molecule has 1 heterocycles. The quantitative estimate of drug-likeness (QED) is 0.739. The Labute approximate surface area is 147 Å². The predicted octanol–water partition coefficient (Wildman–Crippen LogP) is 2.78. The Hall–Kier alpha value is -1.53. The highest BCUT2D eigenvalue weighted by Gasteiger charge is 2.31. The van der Waals surface area contributed by atoms with E-state index in [0.29, 0.717) is 25.4 Å². The molecule has 0 bridgehead atoms. The smallest absolute Gasteiger partial charge is 0.326 e. The first-order valence-electron chi connectivity index (χ1n) is 8.27. The fourth-order valence-corrected chi connectivity index (χ4v) is 3.67. The molecule has 1 amide bonds. The summed E-state index contributed by atoms with van der Waals surface area (Å²) in [4.78, 5) is 24.6. The van der Waals surface area contributed by atoms with E-state index in [9.17, 15) is 14.7 Å². The zero-order valence-electron chi connectivity index (χ0n) is 14.2. The van der Waals surface area contributed by atoms with Crippen molar-refractivity contribution in [1.29, 1.82) is 0 Å². The molecule has 2 N–H and O–H groups in total. The average molecular weight is 351 g/mol. The second-order valence-corrected chi connectivity index (χ2v) is 7.37. The summed E-state index contributed by atoms with van der Waals surface area (Å²) in [5, 5.41) is 12.0. The number of carbonyl (C=O) groups is 2. The highest BCUT2D eigenvalue weighted by Crippen LogP contribution is 2.22. The molecule has 1 aromatic rings. The minimum atomic E-state index is -0.985. The molecule has 6 heteroatoms. The van der Waals surface area contributed by atoms with E-state index in [0.717, 1.165) is 17.7 Å². The molecule has 0 radical (unpaired) electrons. The minimum absolute atomic E-state index is 0.146. The molecule has 132 valence electrons. The van der Waals surface area contributed by atoms with Gasteiger partial charge in [-0.1, -0.05) is 6.07 Å². The van der Waals surface area contributed by atoms with Gasteiger partial charge in [0.15, 0.2) is 0 Å². The molecule has 1 fully saturated rings. The van der Waals surface area contributed by atoms with Gasteiger partial charge in [-0.2, -0.15) is 0 Å². The number of ether oxygens (including phenoxy) is 1. The molecular weight excluding hydrogens is 326 g/mol. The molecular formula is C18H25NO4S. The van der Waals surface area contributed by atoms with Crippen molar-refractivity contribution in [1.82, 2.24) is 5.32 Å². The lowest BCUT2D eigenvalue weighted by Gasteiger charge is -2.28. The van der Waals surface area contributed by atoms with E-state index in [4.69, 9.17) is 4.74 Å². The maximum atomic E-state index is 12.1. The van der Waals surface area contributed by atoms with Gasteiger partial charge in [-0.05, 0) is 49.9 Å². The molecule has 2 rings (SSSR count). The largest absolute Gasteiger partial charge is 0.480 e. The van der Waals surface area contributed by atoms with Crippen LogP contribution in [0.15, 0.2) is 23.1 Å². The number of rotatable bonds is 7. The number of benzene rings is 1. The predicted molar refractivity (Wildman–Crippen MR) is 94.4 cm³/mol. The standard InChI is InChI=1S/C18H25NO4S/c1-12-5-6-15(10-13(12)2)24-9-7-16(20)19-17(18(21)22)14-4-3-8-23-11-14/h5-6,10,14,17H,3-4,7-9,11H2,1-2H3,(H,19,20)(H,21,22). The van der Waals surface area contributed by atoms with Crippen molar-refractivity contribution in [2.24, 2.45) is 5.92 Å². The van der Waals surface area contributed by atoms with Crippen LogP contribution in [0.2, 0.25) is 0 Å². The fourth-order valence-electron chi connectivity index (χ4n) is 2.72. The lowest BCUT2D eigenvalue weighted by Crippen LogP contribution is -2.48. The Morgan fingerprint density at radius 2 is 2.17 bits per heavy atom. The lowest BCUT2D eigenvalue weighted by molar-refractivity contribution is -0.145. The van der Waals surface area contributed by atoms with Crippen LogP contribution >= 0.6 is 11.8 Å². The Balaban J connectivity index is 1.80. The Kier molecular flexibility index (Phi) is 7.12. The molecule has 1 saturated heterocycles. The minimum Gasteiger partial charge on any atom is -0.480 e. The van der Waals surface area contributed by atoms with Gasteiger partial charge in [-0.25, -0.2) is 4.79 Å². The van der Waals surface area contributed by atoms with Crippen molar-refractivity contribution in [2.45, 2.75) is 44.0 Å². The number of carboxylic acids is 1. The van der Waals surface area contributed by atoms with Crippen LogP contribution in [0.1, 0.15) is 30.4 Å². The maximum Gasteiger partial charge on any atom is 0.326 e. The number of amides is 1. The Bertz CT molecular complexity index is 584. The van der Waals surface area contributed by atoms with Gasteiger partial charge < -0.3 is 15.2 Å². The highest BCUT2D eigenvalue weighted by atomic mass is 32.2. The monoisotopic (exact) mass is 351 g/mol. The molecule has 24 heavy (non-hydrogen) atoms. The fraction of sp³-hybridized carbons (Fsp3) is 0.556. The number of carboxylic acid groups (broad SMARTS) is 1. The number of hydrogen-bond donors (Lipinski definition) is 2. The van der Waals surface area contributed by atoms with Crippen molar-refractivity contribution < 1.29 is 19.4 Å². The zero-order chi connectivity index (χ0) is 17.5. The summed E-state index contributed by atoms with van der Waals surface area (Å²) < 4.78 is 5.34. The van der Waals surface area contributed by atoms with Crippen LogP contribution in [-0.2, 0) is 14.3 Å². The first-order valence-corrected chi connectivity index (χ1v) is 9.26. The van der Waals surface area contributed by atoms with Crippen molar-refractivity contribution in [3.05, 3.63) is 29.3 Å². The van der Waals surface area contributed by atoms with Crippen LogP contribution in [0.4, 0.5) is 0 Å². The number of hydrogen-bond acceptors (Lipinski definition) is 4. The van der Waals surface area contributed by atoms with E-state index < -0.39 is 12.0 Å². The van der Waals surface area contributed by atoms with Gasteiger partial charge in [0.2, 0.25) is 5.91 Å². The number of nitrogens with one attached hydrogen (secondary N) is 1. The van der Waals surface area contributed by atoms with E-state index >= 15 is 0 Å². The third-order valence-corrected chi connectivity index (χ3v) is 5.32. The Morgan fingerprint density at radius 3 is 2.79 bits per heavy atom. The molecule has 0 saturated carbocycles. The van der Waals surface area contributed by atoms with E-state index in [1.54, 1.807) is 11.8 Å². The molecule has 1 aromatic carbocycles. The number of aryl methyl sites for hydroxylation is 2. The molecule has 0 spiro atoms. The van der Waals surface area contributed by atoms with E-state index in [-0.39, 0.29) is 11.8 Å². The van der Waals surface area contributed by atoms with Crippen LogP contribution in [0.5, 0.6) is 0 Å². The van der Waals surface area contributed by atoms with Crippen LogP contribution in [0, 0.1) is 19.8 Å². The second-order valence-electron chi connectivity index (χ2n) is 6.21. The summed E-state index contributed by atoms with van der Waals surface area (Å²) in [6.45, 7) is 5.20.